The molecule has 22 heavy (non-hydrogen) atoms. The van der Waals surface area contributed by atoms with Crippen LogP contribution in [0.15, 0.2) is 6.07 Å². The number of hydrogen-bond acceptors (Lipinski definition) is 4. The number of carbonyl (C=O) groups excluding carboxylic acids is 1. The maximum atomic E-state index is 12.7. The lowest BCUT2D eigenvalue weighted by atomic mass is 9.84. The number of nitrogens with one attached hydrogen (secondary N) is 1. The van der Waals surface area contributed by atoms with Crippen LogP contribution in [-0.4, -0.2) is 43.1 Å². The normalized spacial score (nSPS) is 29.0. The number of hydrogen-bond donors (Lipinski definition) is 2. The van der Waals surface area contributed by atoms with Gasteiger partial charge in [-0.2, -0.15) is 0 Å². The van der Waals surface area contributed by atoms with E-state index in [1.807, 2.05) is 0 Å². The number of fused-ring (bicyclic) bond motifs is 4. The Labute approximate surface area is 134 Å². The zero-order valence-electron chi connectivity index (χ0n) is 12.4. The predicted octanol–water partition coefficient (Wildman–Crippen LogP) is 1.68. The topological polar surface area (TPSA) is 67.6 Å². The number of carbonyl (C=O) groups is 1. The van der Waals surface area contributed by atoms with Crippen LogP contribution in [0.5, 0.6) is 5.75 Å². The molecule has 2 bridgehead atoms. The van der Waals surface area contributed by atoms with Gasteiger partial charge in [-0.15, -0.1) is 0 Å². The number of anilines is 1. The van der Waals surface area contributed by atoms with Crippen molar-refractivity contribution in [3.05, 3.63) is 22.2 Å². The third-order valence-corrected chi connectivity index (χ3v) is 5.50. The van der Waals surface area contributed by atoms with E-state index in [2.05, 4.69) is 10.2 Å². The van der Waals surface area contributed by atoms with Gasteiger partial charge in [0.15, 0.2) is 0 Å². The number of nitrogen functional groups attached to an aromatic ring is 1. The molecule has 3 fully saturated rings. The average molecular weight is 322 g/mol. The first-order valence-corrected chi connectivity index (χ1v) is 8.28. The number of nitrogens with zero attached hydrogens (tertiary/aromatic N) is 1. The molecule has 4 aliphatic heterocycles. The summed E-state index contributed by atoms with van der Waals surface area (Å²) < 4.78 is 5.63. The molecule has 5 nitrogen and oxygen atoms in total. The third kappa shape index (κ3) is 2.23. The number of amides is 1. The Hall–Kier alpha value is -1.46. The summed E-state index contributed by atoms with van der Waals surface area (Å²) in [5, 5.41) is 3.62. The van der Waals surface area contributed by atoms with Gasteiger partial charge < -0.3 is 20.7 Å². The summed E-state index contributed by atoms with van der Waals surface area (Å²) in [6.07, 6.45) is 3.05. The van der Waals surface area contributed by atoms with Gasteiger partial charge in [0.2, 0.25) is 0 Å². The zero-order chi connectivity index (χ0) is 15.3. The number of ether oxygens (including phenoxy) is 1. The molecule has 0 radical (unpaired) electrons. The molecular weight excluding hydrogens is 302 g/mol. The molecule has 118 valence electrons. The first-order valence-electron chi connectivity index (χ1n) is 7.90. The molecule has 5 rings (SSSR count). The molecular formula is C16H20ClN3O2. The molecule has 3 N–H and O–H groups in total. The molecule has 0 unspecified atom stereocenters. The molecule has 3 saturated heterocycles. The van der Waals surface area contributed by atoms with Crippen LogP contribution in [0, 0.1) is 5.92 Å². The predicted molar refractivity (Wildman–Crippen MR) is 85.5 cm³/mol. The van der Waals surface area contributed by atoms with Crippen molar-refractivity contribution in [2.75, 3.05) is 32.0 Å². The summed E-state index contributed by atoms with van der Waals surface area (Å²) in [5.74, 6) is 1.10. The quantitative estimate of drug-likeness (QED) is 0.813. The first kappa shape index (κ1) is 14.2. The minimum Gasteiger partial charge on any atom is -0.492 e. The monoisotopic (exact) mass is 321 g/mol. The van der Waals surface area contributed by atoms with Crippen LogP contribution < -0.4 is 15.8 Å². The molecule has 0 aromatic heterocycles. The second kappa shape index (κ2) is 5.32. The van der Waals surface area contributed by atoms with Crippen molar-refractivity contribution >= 4 is 23.2 Å². The summed E-state index contributed by atoms with van der Waals surface area (Å²) in [6, 6.07) is 1.86. The second-order valence-electron chi connectivity index (χ2n) is 6.44. The number of rotatable bonds is 2. The van der Waals surface area contributed by atoms with E-state index in [0.29, 0.717) is 41.0 Å². The van der Waals surface area contributed by atoms with Crippen LogP contribution in [-0.2, 0) is 6.42 Å². The highest BCUT2D eigenvalue weighted by molar-refractivity contribution is 6.33. The summed E-state index contributed by atoms with van der Waals surface area (Å²) in [6.45, 7) is 3.81. The van der Waals surface area contributed by atoms with Gasteiger partial charge in [0.25, 0.3) is 5.91 Å². The largest absolute Gasteiger partial charge is 0.492 e. The van der Waals surface area contributed by atoms with E-state index in [4.69, 9.17) is 22.1 Å². The highest BCUT2D eigenvalue weighted by Gasteiger charge is 2.36. The SMILES string of the molecule is Nc1c(Cl)cc(C(=O)N[C@H]2CN3CCC2CC3)c2c1CCO2. The van der Waals surface area contributed by atoms with E-state index < -0.39 is 0 Å². The fraction of sp³-hybridized carbons (Fsp3) is 0.562. The Bertz CT molecular complexity index is 626. The molecule has 1 aromatic rings. The van der Waals surface area contributed by atoms with E-state index in [0.717, 1.165) is 25.2 Å². The van der Waals surface area contributed by atoms with E-state index in [1.54, 1.807) is 6.07 Å². The number of benzene rings is 1. The molecule has 4 heterocycles. The van der Waals surface area contributed by atoms with Crippen LogP contribution in [0.25, 0.3) is 0 Å². The van der Waals surface area contributed by atoms with Crippen molar-refractivity contribution in [2.24, 2.45) is 5.92 Å². The van der Waals surface area contributed by atoms with Crippen molar-refractivity contribution in [2.45, 2.75) is 25.3 Å². The van der Waals surface area contributed by atoms with E-state index in [-0.39, 0.29) is 11.9 Å². The first-order chi connectivity index (χ1) is 10.6. The van der Waals surface area contributed by atoms with Crippen molar-refractivity contribution in [3.63, 3.8) is 0 Å². The molecule has 6 heteroatoms. The Morgan fingerprint density at radius 2 is 2.18 bits per heavy atom. The minimum absolute atomic E-state index is 0.0983. The van der Waals surface area contributed by atoms with E-state index in [9.17, 15) is 4.79 Å². The van der Waals surface area contributed by atoms with Gasteiger partial charge in [-0.05, 0) is 37.9 Å². The Kier molecular flexibility index (Phi) is 3.42. The van der Waals surface area contributed by atoms with Gasteiger partial charge in [0, 0.05) is 24.6 Å². The summed E-state index contributed by atoms with van der Waals surface area (Å²) in [5.41, 5.74) is 7.91. The molecule has 4 aliphatic rings. The number of piperidine rings is 3. The Balaban J connectivity index is 1.59. The van der Waals surface area contributed by atoms with Gasteiger partial charge in [-0.25, -0.2) is 0 Å². The Morgan fingerprint density at radius 1 is 1.41 bits per heavy atom. The van der Waals surface area contributed by atoms with Crippen LogP contribution in [0.4, 0.5) is 5.69 Å². The molecule has 1 amide bonds. The van der Waals surface area contributed by atoms with Gasteiger partial charge in [-0.1, -0.05) is 11.6 Å². The van der Waals surface area contributed by atoms with Crippen molar-refractivity contribution in [1.82, 2.24) is 10.2 Å². The van der Waals surface area contributed by atoms with Gasteiger partial charge >= 0.3 is 0 Å². The van der Waals surface area contributed by atoms with Gasteiger partial charge in [0.05, 0.1) is 22.9 Å². The molecule has 0 saturated carbocycles. The highest BCUT2D eigenvalue weighted by Crippen LogP contribution is 2.39. The fourth-order valence-electron chi connectivity index (χ4n) is 3.91. The van der Waals surface area contributed by atoms with Crippen LogP contribution in [0.2, 0.25) is 5.02 Å². The summed E-state index contributed by atoms with van der Waals surface area (Å²) >= 11 is 6.18. The lowest BCUT2D eigenvalue weighted by Crippen LogP contribution is -2.57. The summed E-state index contributed by atoms with van der Waals surface area (Å²) in [7, 11) is 0. The molecule has 0 spiro atoms. The third-order valence-electron chi connectivity index (χ3n) is 5.19. The fourth-order valence-corrected chi connectivity index (χ4v) is 4.13. The van der Waals surface area contributed by atoms with Crippen molar-refractivity contribution in [3.8, 4) is 5.75 Å². The van der Waals surface area contributed by atoms with Crippen molar-refractivity contribution in [1.29, 1.82) is 0 Å². The maximum Gasteiger partial charge on any atom is 0.255 e. The molecule has 1 atom stereocenters. The van der Waals surface area contributed by atoms with E-state index >= 15 is 0 Å². The van der Waals surface area contributed by atoms with Gasteiger partial charge in [-0.3, -0.25) is 4.79 Å². The average Bonchev–Trinajstić information content (AvgIpc) is 3.02. The lowest BCUT2D eigenvalue weighted by molar-refractivity contribution is 0.0619. The zero-order valence-corrected chi connectivity index (χ0v) is 13.2. The van der Waals surface area contributed by atoms with Gasteiger partial charge in [0.1, 0.15) is 5.75 Å². The lowest BCUT2D eigenvalue weighted by Gasteiger charge is -2.44. The number of nitrogens with two attached hydrogens (primary N) is 1. The molecule has 1 aromatic carbocycles. The Morgan fingerprint density at radius 3 is 2.86 bits per heavy atom. The minimum atomic E-state index is -0.0983. The maximum absolute atomic E-state index is 12.7. The smallest absolute Gasteiger partial charge is 0.255 e. The standard InChI is InChI=1S/C16H20ClN3O2/c17-12-7-11(15-10(14(12)18)3-6-22-15)16(21)19-13-8-20-4-1-9(13)2-5-20/h7,9,13H,1-6,8,18H2,(H,19,21)/t13-/m0/s1. The molecule has 0 aliphatic carbocycles. The number of halogens is 1. The van der Waals surface area contributed by atoms with Crippen LogP contribution in [0.3, 0.4) is 0 Å². The highest BCUT2D eigenvalue weighted by atomic mass is 35.5. The summed E-state index contributed by atoms with van der Waals surface area (Å²) in [4.78, 5) is 15.1. The van der Waals surface area contributed by atoms with E-state index in [1.165, 1.54) is 12.8 Å². The van der Waals surface area contributed by atoms with Crippen LogP contribution in [0.1, 0.15) is 28.8 Å². The van der Waals surface area contributed by atoms with Crippen LogP contribution >= 0.6 is 11.6 Å². The van der Waals surface area contributed by atoms with Crippen molar-refractivity contribution < 1.29 is 9.53 Å². The second-order valence-corrected chi connectivity index (χ2v) is 6.85.